The van der Waals surface area contributed by atoms with Crippen LogP contribution in [0.15, 0.2) is 29.2 Å². The summed E-state index contributed by atoms with van der Waals surface area (Å²) in [7, 11) is -1.39. The Morgan fingerprint density at radius 3 is 2.35 bits per heavy atom. The first-order valence-corrected chi connectivity index (χ1v) is 11.6. The highest BCUT2D eigenvalue weighted by Crippen LogP contribution is 2.24. The number of hydrogen-bond donors (Lipinski definition) is 0. The van der Waals surface area contributed by atoms with Gasteiger partial charge in [0.1, 0.15) is 0 Å². The van der Waals surface area contributed by atoms with E-state index in [1.165, 1.54) is 35.8 Å². The molecule has 0 fully saturated rings. The Bertz CT molecular complexity index is 316. The quantitative estimate of drug-likeness (QED) is 0.359. The van der Waals surface area contributed by atoms with Gasteiger partial charge in [0.05, 0.1) is 0 Å². The van der Waals surface area contributed by atoms with E-state index in [1.54, 1.807) is 0 Å². The summed E-state index contributed by atoms with van der Waals surface area (Å²) >= 11 is 8.24. The van der Waals surface area contributed by atoms with Crippen molar-refractivity contribution in [1.29, 1.82) is 0 Å². The summed E-state index contributed by atoms with van der Waals surface area (Å²) < 4.78 is 0. The maximum Gasteiger partial charge on any atom is 0.151 e. The lowest BCUT2D eigenvalue weighted by Crippen LogP contribution is -2.16. The van der Waals surface area contributed by atoms with E-state index >= 15 is 0 Å². The molecule has 3 heteroatoms. The lowest BCUT2D eigenvalue weighted by atomic mass is 10.1. The van der Waals surface area contributed by atoms with Crippen LogP contribution in [0.3, 0.4) is 0 Å². The number of benzene rings is 1. The van der Waals surface area contributed by atoms with E-state index in [0.29, 0.717) is 0 Å². The van der Waals surface area contributed by atoms with Gasteiger partial charge in [-0.3, -0.25) is 0 Å². The summed E-state index contributed by atoms with van der Waals surface area (Å²) in [6, 6.07) is 10.2. The van der Waals surface area contributed by atoms with Crippen molar-refractivity contribution < 1.29 is 0 Å². The molecule has 1 aromatic carbocycles. The van der Waals surface area contributed by atoms with Crippen LogP contribution in [0, 0.1) is 0 Å². The fraction of sp³-hybridized carbons (Fsp3) is 0.571. The van der Waals surface area contributed by atoms with Gasteiger partial charge < -0.3 is 0 Å². The summed E-state index contributed by atoms with van der Waals surface area (Å²) in [4.78, 5) is 1.38. The smallest absolute Gasteiger partial charge is 0.151 e. The molecule has 0 nitrogen and oxygen atoms in total. The predicted octanol–water partition coefficient (Wildman–Crippen LogP) is 5.57. The van der Waals surface area contributed by atoms with Gasteiger partial charge in [0.2, 0.25) is 0 Å². The lowest BCUT2D eigenvalue weighted by molar-refractivity contribution is 0.794. The van der Waals surface area contributed by atoms with Crippen molar-refractivity contribution in [3.05, 3.63) is 29.8 Å². The van der Waals surface area contributed by atoms with Crippen molar-refractivity contribution in [3.8, 4) is 0 Å². The van der Waals surface area contributed by atoms with Crippen molar-refractivity contribution >= 4 is 30.2 Å². The largest absolute Gasteiger partial charge is 0.168 e. The third-order valence-electron chi connectivity index (χ3n) is 2.71. The van der Waals surface area contributed by atoms with Gasteiger partial charge in [-0.25, -0.2) is 0 Å². The molecule has 0 saturated carbocycles. The van der Waals surface area contributed by atoms with Gasteiger partial charge in [0, 0.05) is 4.90 Å². The Hall–Kier alpha value is 0.0769. The number of halogens is 1. The van der Waals surface area contributed by atoms with Crippen LogP contribution in [0.5, 0.6) is 0 Å². The van der Waals surface area contributed by atoms with Crippen LogP contribution in [0.1, 0.15) is 25.3 Å². The van der Waals surface area contributed by atoms with E-state index < -0.39 is 7.38 Å². The van der Waals surface area contributed by atoms with Crippen LogP contribution in [0.2, 0.25) is 19.1 Å². The Labute approximate surface area is 116 Å². The molecule has 0 aliphatic rings. The molecule has 0 unspecified atom stereocenters. The number of hydrogen-bond acceptors (Lipinski definition) is 1. The summed E-state index contributed by atoms with van der Waals surface area (Å²) in [6.45, 7) is 6.66. The number of unbranched alkanes of at least 4 members (excludes halogenated alkanes) is 1. The molecule has 0 spiro atoms. The zero-order valence-corrected chi connectivity index (χ0v) is 13.7. The highest BCUT2D eigenvalue weighted by atomic mass is 35.6. The average molecular weight is 287 g/mol. The third kappa shape index (κ3) is 7.17. The Morgan fingerprint density at radius 2 is 1.82 bits per heavy atom. The van der Waals surface area contributed by atoms with Crippen LogP contribution in [-0.2, 0) is 6.42 Å². The molecule has 0 N–H and O–H groups in total. The van der Waals surface area contributed by atoms with Crippen LogP contribution >= 0.6 is 22.8 Å². The summed E-state index contributed by atoms with van der Waals surface area (Å²) in [6.07, 6.45) is 3.77. The summed E-state index contributed by atoms with van der Waals surface area (Å²) in [5.41, 5.74) is 1.46. The first-order chi connectivity index (χ1) is 8.01. The molecule has 0 aromatic heterocycles. The molecule has 0 aliphatic carbocycles. The van der Waals surface area contributed by atoms with Gasteiger partial charge in [-0.2, -0.15) is 11.1 Å². The maximum absolute atomic E-state index is 6.31. The van der Waals surface area contributed by atoms with Gasteiger partial charge in [0.15, 0.2) is 7.38 Å². The van der Waals surface area contributed by atoms with E-state index in [0.717, 1.165) is 5.75 Å². The minimum atomic E-state index is -1.39. The first-order valence-electron chi connectivity index (χ1n) is 6.42. The molecule has 1 rings (SSSR count). The fourth-order valence-corrected chi connectivity index (χ4v) is 5.15. The second kappa shape index (κ2) is 7.50. The first kappa shape index (κ1) is 15.1. The molecule has 0 bridgehead atoms. The molecule has 17 heavy (non-hydrogen) atoms. The Balaban J connectivity index is 2.35. The minimum Gasteiger partial charge on any atom is -0.168 e. The average Bonchev–Trinajstić information content (AvgIpc) is 2.26. The molecule has 0 radical (unpaired) electrons. The van der Waals surface area contributed by atoms with Gasteiger partial charge >= 0.3 is 0 Å². The van der Waals surface area contributed by atoms with Crippen molar-refractivity contribution in [2.24, 2.45) is 0 Å². The SMILES string of the molecule is CCCCc1ccc(SCC[Si](C)(C)Cl)cc1. The minimum absolute atomic E-state index is 1.15. The van der Waals surface area contributed by atoms with Gasteiger partial charge in [-0.05, 0) is 42.3 Å². The number of rotatable bonds is 7. The highest BCUT2D eigenvalue weighted by molar-refractivity contribution is 7.99. The van der Waals surface area contributed by atoms with Crippen LogP contribution in [-0.4, -0.2) is 13.1 Å². The fourth-order valence-electron chi connectivity index (χ4n) is 1.54. The van der Waals surface area contributed by atoms with E-state index in [1.807, 2.05) is 11.8 Å². The second-order valence-corrected chi connectivity index (χ2v) is 13.2. The Kier molecular flexibility index (Phi) is 6.68. The molecule has 0 heterocycles. The van der Waals surface area contributed by atoms with Gasteiger partial charge in [-0.15, -0.1) is 11.8 Å². The zero-order valence-electron chi connectivity index (χ0n) is 11.1. The molecular weight excluding hydrogens is 264 g/mol. The normalized spacial score (nSPS) is 11.8. The van der Waals surface area contributed by atoms with E-state index in [9.17, 15) is 0 Å². The standard InChI is InChI=1S/C14H23ClSSi/c1-4-5-6-13-7-9-14(10-8-13)16-11-12-17(2,3)15/h7-10H,4-6,11-12H2,1-3H3. The zero-order chi connectivity index (χ0) is 12.7. The van der Waals surface area contributed by atoms with E-state index in [-0.39, 0.29) is 0 Å². The molecule has 96 valence electrons. The van der Waals surface area contributed by atoms with Crippen LogP contribution < -0.4 is 0 Å². The Morgan fingerprint density at radius 1 is 1.18 bits per heavy atom. The van der Waals surface area contributed by atoms with Crippen molar-refractivity contribution in [2.45, 2.75) is 50.2 Å². The van der Waals surface area contributed by atoms with Gasteiger partial charge in [0.25, 0.3) is 0 Å². The van der Waals surface area contributed by atoms with Crippen molar-refractivity contribution in [2.75, 3.05) is 5.75 Å². The van der Waals surface area contributed by atoms with E-state index in [4.69, 9.17) is 11.1 Å². The topological polar surface area (TPSA) is 0 Å². The van der Waals surface area contributed by atoms with Crippen molar-refractivity contribution in [3.63, 3.8) is 0 Å². The molecule has 0 saturated heterocycles. The molecule has 0 amide bonds. The maximum atomic E-state index is 6.31. The summed E-state index contributed by atoms with van der Waals surface area (Å²) in [5, 5.41) is 0. The molecular formula is C14H23ClSSi. The lowest BCUT2D eigenvalue weighted by Gasteiger charge is -2.11. The van der Waals surface area contributed by atoms with Crippen LogP contribution in [0.25, 0.3) is 0 Å². The molecule has 1 aromatic rings. The number of thioether (sulfide) groups is 1. The molecule has 0 atom stereocenters. The number of aryl methyl sites for hydroxylation is 1. The monoisotopic (exact) mass is 286 g/mol. The molecule has 0 aliphatic heterocycles. The third-order valence-corrected chi connectivity index (χ3v) is 6.09. The van der Waals surface area contributed by atoms with Crippen molar-refractivity contribution in [1.82, 2.24) is 0 Å². The van der Waals surface area contributed by atoms with Gasteiger partial charge in [-0.1, -0.05) is 38.6 Å². The summed E-state index contributed by atoms with van der Waals surface area (Å²) in [5.74, 6) is 1.15. The van der Waals surface area contributed by atoms with Crippen LogP contribution in [0.4, 0.5) is 0 Å². The predicted molar refractivity (Wildman–Crippen MR) is 83.9 cm³/mol. The second-order valence-electron chi connectivity index (χ2n) is 5.06. The van der Waals surface area contributed by atoms with E-state index in [2.05, 4.69) is 44.3 Å². The highest BCUT2D eigenvalue weighted by Gasteiger charge is 2.15.